The standard InChI is InChI=1S/C18H23N5O3/c19-14(3-1-2-10-24)18(26)23-9-6-13-15(11-23)21-16(22-17(13)25)12-4-7-20-8-5-12/h4-5,7-8,14,24H,1-3,6,9-11,19H2,(H,21,22,25)/t14-/m0/s1. The summed E-state index contributed by atoms with van der Waals surface area (Å²) in [5.41, 5.74) is 7.83. The molecule has 0 aliphatic carbocycles. The number of amides is 1. The van der Waals surface area contributed by atoms with Crippen LogP contribution in [-0.2, 0) is 17.8 Å². The fourth-order valence-corrected chi connectivity index (χ4v) is 3.11. The minimum Gasteiger partial charge on any atom is -0.396 e. The summed E-state index contributed by atoms with van der Waals surface area (Å²) in [6.45, 7) is 0.839. The lowest BCUT2D eigenvalue weighted by atomic mass is 10.0. The molecule has 1 amide bonds. The highest BCUT2D eigenvalue weighted by molar-refractivity contribution is 5.81. The van der Waals surface area contributed by atoms with Gasteiger partial charge in [0.05, 0.1) is 18.3 Å². The van der Waals surface area contributed by atoms with Gasteiger partial charge in [-0.1, -0.05) is 0 Å². The highest BCUT2D eigenvalue weighted by Crippen LogP contribution is 2.19. The molecule has 26 heavy (non-hydrogen) atoms. The molecular weight excluding hydrogens is 334 g/mol. The SMILES string of the molecule is N[C@@H](CCCCO)C(=O)N1CCc2c(nc(-c3ccncc3)[nH]c2=O)C1. The number of aliphatic hydroxyl groups is 1. The first-order chi connectivity index (χ1) is 12.6. The lowest BCUT2D eigenvalue weighted by molar-refractivity contribution is -0.133. The zero-order valence-electron chi connectivity index (χ0n) is 14.5. The molecule has 0 saturated carbocycles. The Kier molecular flexibility index (Phi) is 5.75. The van der Waals surface area contributed by atoms with E-state index in [1.807, 2.05) is 0 Å². The number of rotatable bonds is 6. The largest absolute Gasteiger partial charge is 0.396 e. The van der Waals surface area contributed by atoms with E-state index < -0.39 is 6.04 Å². The van der Waals surface area contributed by atoms with Gasteiger partial charge < -0.3 is 20.7 Å². The molecule has 0 aromatic carbocycles. The van der Waals surface area contributed by atoms with Gasteiger partial charge in [-0.3, -0.25) is 14.6 Å². The van der Waals surface area contributed by atoms with Crippen molar-refractivity contribution >= 4 is 5.91 Å². The van der Waals surface area contributed by atoms with Crippen molar-refractivity contribution in [2.45, 2.75) is 38.3 Å². The molecular formula is C18H23N5O3. The fraction of sp³-hybridized carbons (Fsp3) is 0.444. The number of hydrogen-bond acceptors (Lipinski definition) is 6. The van der Waals surface area contributed by atoms with E-state index in [2.05, 4.69) is 15.0 Å². The van der Waals surface area contributed by atoms with Gasteiger partial charge in [0.15, 0.2) is 0 Å². The predicted molar refractivity (Wildman–Crippen MR) is 96.1 cm³/mol. The molecule has 1 atom stereocenters. The van der Waals surface area contributed by atoms with Crippen LogP contribution >= 0.6 is 0 Å². The average Bonchev–Trinajstić information content (AvgIpc) is 2.67. The van der Waals surface area contributed by atoms with Crippen LogP contribution in [0.2, 0.25) is 0 Å². The minimum atomic E-state index is -0.593. The monoisotopic (exact) mass is 357 g/mol. The second-order valence-electron chi connectivity index (χ2n) is 6.41. The van der Waals surface area contributed by atoms with Crippen LogP contribution in [0.4, 0.5) is 0 Å². The molecule has 3 rings (SSSR count). The van der Waals surface area contributed by atoms with Crippen LogP contribution in [0.25, 0.3) is 11.4 Å². The molecule has 1 aliphatic heterocycles. The highest BCUT2D eigenvalue weighted by atomic mass is 16.3. The summed E-state index contributed by atoms with van der Waals surface area (Å²) in [7, 11) is 0. The molecule has 4 N–H and O–H groups in total. The molecule has 0 saturated heterocycles. The van der Waals surface area contributed by atoms with E-state index in [0.717, 1.165) is 5.56 Å². The average molecular weight is 357 g/mol. The minimum absolute atomic E-state index is 0.0997. The van der Waals surface area contributed by atoms with Gasteiger partial charge >= 0.3 is 0 Å². The zero-order chi connectivity index (χ0) is 18.5. The van der Waals surface area contributed by atoms with Gasteiger partial charge in [0.25, 0.3) is 5.56 Å². The van der Waals surface area contributed by atoms with E-state index in [-0.39, 0.29) is 24.6 Å². The molecule has 0 spiro atoms. The maximum atomic E-state index is 12.6. The molecule has 0 radical (unpaired) electrons. The van der Waals surface area contributed by atoms with Gasteiger partial charge in [-0.25, -0.2) is 4.98 Å². The van der Waals surface area contributed by atoms with Crippen molar-refractivity contribution in [2.75, 3.05) is 13.2 Å². The number of aromatic nitrogens is 3. The van der Waals surface area contributed by atoms with E-state index in [1.165, 1.54) is 0 Å². The summed E-state index contributed by atoms with van der Waals surface area (Å²) in [5.74, 6) is 0.332. The van der Waals surface area contributed by atoms with Crippen molar-refractivity contribution in [1.82, 2.24) is 19.9 Å². The van der Waals surface area contributed by atoms with Crippen LogP contribution < -0.4 is 11.3 Å². The van der Waals surface area contributed by atoms with Crippen LogP contribution in [0.5, 0.6) is 0 Å². The number of fused-ring (bicyclic) bond motifs is 1. The number of H-pyrrole nitrogens is 1. The normalized spacial score (nSPS) is 14.8. The zero-order valence-corrected chi connectivity index (χ0v) is 14.5. The van der Waals surface area contributed by atoms with E-state index in [1.54, 1.807) is 29.4 Å². The third-order valence-electron chi connectivity index (χ3n) is 4.58. The molecule has 3 heterocycles. The second kappa shape index (κ2) is 8.20. The number of aromatic amines is 1. The number of carbonyl (C=O) groups excluding carboxylic acids is 1. The second-order valence-corrected chi connectivity index (χ2v) is 6.41. The Hall–Kier alpha value is -2.58. The summed E-state index contributed by atoms with van der Waals surface area (Å²) in [6.07, 6.45) is 5.61. The smallest absolute Gasteiger partial charge is 0.254 e. The molecule has 138 valence electrons. The molecule has 8 heteroatoms. The first kappa shape index (κ1) is 18.2. The molecule has 0 bridgehead atoms. The van der Waals surface area contributed by atoms with Crippen molar-refractivity contribution in [3.8, 4) is 11.4 Å². The number of unbranched alkanes of at least 4 members (excludes halogenated alkanes) is 1. The summed E-state index contributed by atoms with van der Waals surface area (Å²) in [5, 5.41) is 8.84. The predicted octanol–water partition coefficient (Wildman–Crippen LogP) is 0.206. The van der Waals surface area contributed by atoms with Gasteiger partial charge in [0.2, 0.25) is 5.91 Å². The van der Waals surface area contributed by atoms with Crippen molar-refractivity contribution in [2.24, 2.45) is 5.73 Å². The van der Waals surface area contributed by atoms with Crippen molar-refractivity contribution < 1.29 is 9.90 Å². The molecule has 2 aromatic rings. The summed E-state index contributed by atoms with van der Waals surface area (Å²) in [4.78, 5) is 37.9. The Morgan fingerprint density at radius 1 is 1.35 bits per heavy atom. The molecule has 0 fully saturated rings. The maximum Gasteiger partial charge on any atom is 0.254 e. The molecule has 2 aromatic heterocycles. The van der Waals surface area contributed by atoms with Crippen LogP contribution in [0.1, 0.15) is 30.5 Å². The number of nitrogens with one attached hydrogen (secondary N) is 1. The number of carbonyl (C=O) groups is 1. The number of pyridine rings is 1. The summed E-state index contributed by atoms with van der Waals surface area (Å²) < 4.78 is 0. The Balaban J connectivity index is 1.78. The van der Waals surface area contributed by atoms with E-state index in [0.29, 0.717) is 49.3 Å². The van der Waals surface area contributed by atoms with E-state index in [4.69, 9.17) is 10.8 Å². The fourth-order valence-electron chi connectivity index (χ4n) is 3.11. The molecule has 0 unspecified atom stereocenters. The Bertz CT molecular complexity index is 821. The lowest BCUT2D eigenvalue weighted by Gasteiger charge is -2.30. The van der Waals surface area contributed by atoms with Crippen molar-refractivity contribution in [3.63, 3.8) is 0 Å². The van der Waals surface area contributed by atoms with Gasteiger partial charge in [-0.15, -0.1) is 0 Å². The number of aliphatic hydroxyl groups excluding tert-OH is 1. The van der Waals surface area contributed by atoms with E-state index >= 15 is 0 Å². The van der Waals surface area contributed by atoms with Crippen LogP contribution in [0.3, 0.4) is 0 Å². The third kappa shape index (κ3) is 3.97. The van der Waals surface area contributed by atoms with Gasteiger partial charge in [-0.05, 0) is 37.8 Å². The number of hydrogen-bond donors (Lipinski definition) is 3. The highest BCUT2D eigenvalue weighted by Gasteiger charge is 2.27. The van der Waals surface area contributed by atoms with Crippen molar-refractivity contribution in [1.29, 1.82) is 0 Å². The van der Waals surface area contributed by atoms with Crippen LogP contribution in [0.15, 0.2) is 29.3 Å². The van der Waals surface area contributed by atoms with E-state index in [9.17, 15) is 9.59 Å². The molecule has 8 nitrogen and oxygen atoms in total. The first-order valence-corrected chi connectivity index (χ1v) is 8.78. The molecule has 1 aliphatic rings. The van der Waals surface area contributed by atoms with Crippen LogP contribution in [-0.4, -0.2) is 50.1 Å². The van der Waals surface area contributed by atoms with Crippen molar-refractivity contribution in [3.05, 3.63) is 46.1 Å². The number of nitrogens with zero attached hydrogens (tertiary/aromatic N) is 3. The topological polar surface area (TPSA) is 125 Å². The summed E-state index contributed by atoms with van der Waals surface area (Å²) in [6, 6.07) is 2.95. The lowest BCUT2D eigenvalue weighted by Crippen LogP contribution is -2.47. The van der Waals surface area contributed by atoms with Gasteiger partial charge in [0.1, 0.15) is 5.82 Å². The number of nitrogens with two attached hydrogens (primary N) is 1. The first-order valence-electron chi connectivity index (χ1n) is 8.78. The quantitative estimate of drug-likeness (QED) is 0.635. The van der Waals surface area contributed by atoms with Gasteiger partial charge in [0, 0.05) is 36.7 Å². The Morgan fingerprint density at radius 3 is 2.85 bits per heavy atom. The van der Waals surface area contributed by atoms with Crippen LogP contribution in [0, 0.1) is 0 Å². The Morgan fingerprint density at radius 2 is 2.12 bits per heavy atom. The van der Waals surface area contributed by atoms with Gasteiger partial charge in [-0.2, -0.15) is 0 Å². The third-order valence-corrected chi connectivity index (χ3v) is 4.58. The summed E-state index contributed by atoms with van der Waals surface area (Å²) >= 11 is 0. The maximum absolute atomic E-state index is 12.6. The Labute approximate surface area is 151 Å².